The Labute approximate surface area is 117 Å². The zero-order chi connectivity index (χ0) is 14.5. The highest BCUT2D eigenvalue weighted by molar-refractivity contribution is 5.95. The lowest BCUT2D eigenvalue weighted by atomic mass is 10.1. The van der Waals surface area contributed by atoms with Crippen LogP contribution in [0.5, 0.6) is 0 Å². The second-order valence-corrected chi connectivity index (χ2v) is 4.95. The van der Waals surface area contributed by atoms with Gasteiger partial charge in [0.05, 0.1) is 19.3 Å². The van der Waals surface area contributed by atoms with E-state index in [4.69, 9.17) is 15.7 Å². The van der Waals surface area contributed by atoms with Gasteiger partial charge >= 0.3 is 0 Å². The first kappa shape index (κ1) is 14.7. The van der Waals surface area contributed by atoms with Crippen LogP contribution in [-0.4, -0.2) is 57.9 Å². The molecule has 0 bridgehead atoms. The summed E-state index contributed by atoms with van der Waals surface area (Å²) < 4.78 is 5.51. The molecule has 0 radical (unpaired) electrons. The van der Waals surface area contributed by atoms with E-state index >= 15 is 0 Å². The fraction of sp³-hybridized carbons (Fsp3) is 0.538. The Morgan fingerprint density at radius 3 is 3.15 bits per heavy atom. The minimum atomic E-state index is -0.142. The molecule has 0 saturated carbocycles. The standard InChI is InChI=1S/C13H20N4O3/c1-9-8-20-11(7-18)6-17(9)5-10-2-3-15-12(4-10)13(14)16-19/h2-4,9,11,18-19H,5-8H2,1H3,(H2,14,16). The topological polar surface area (TPSA) is 104 Å². The van der Waals surface area contributed by atoms with E-state index in [1.54, 1.807) is 12.3 Å². The Morgan fingerprint density at radius 1 is 1.65 bits per heavy atom. The molecule has 1 aromatic heterocycles. The van der Waals surface area contributed by atoms with Gasteiger partial charge in [-0.3, -0.25) is 9.88 Å². The molecule has 2 unspecified atom stereocenters. The minimum absolute atomic E-state index is 0.00453. The van der Waals surface area contributed by atoms with Crippen molar-refractivity contribution in [2.45, 2.75) is 25.6 Å². The van der Waals surface area contributed by atoms with E-state index < -0.39 is 0 Å². The fourth-order valence-electron chi connectivity index (χ4n) is 2.20. The lowest BCUT2D eigenvalue weighted by molar-refractivity contribution is -0.0805. The first-order valence-corrected chi connectivity index (χ1v) is 6.53. The lowest BCUT2D eigenvalue weighted by Gasteiger charge is -2.37. The average Bonchev–Trinajstić information content (AvgIpc) is 2.49. The highest BCUT2D eigenvalue weighted by atomic mass is 16.5. The van der Waals surface area contributed by atoms with Crippen LogP contribution in [0.3, 0.4) is 0 Å². The molecule has 110 valence electrons. The van der Waals surface area contributed by atoms with Crippen LogP contribution in [0.2, 0.25) is 0 Å². The van der Waals surface area contributed by atoms with Crippen LogP contribution >= 0.6 is 0 Å². The summed E-state index contributed by atoms with van der Waals surface area (Å²) in [7, 11) is 0. The minimum Gasteiger partial charge on any atom is -0.409 e. The third-order valence-corrected chi connectivity index (χ3v) is 3.42. The number of aliphatic hydroxyl groups is 1. The van der Waals surface area contributed by atoms with Crippen molar-refractivity contribution in [3.05, 3.63) is 29.6 Å². The number of oxime groups is 1. The summed E-state index contributed by atoms with van der Waals surface area (Å²) >= 11 is 0. The van der Waals surface area contributed by atoms with Gasteiger partial charge in [0.25, 0.3) is 0 Å². The summed E-state index contributed by atoms with van der Waals surface area (Å²) in [5, 5.41) is 20.8. The number of morpholine rings is 1. The van der Waals surface area contributed by atoms with Crippen molar-refractivity contribution in [2.24, 2.45) is 10.9 Å². The van der Waals surface area contributed by atoms with E-state index in [-0.39, 0.29) is 24.6 Å². The van der Waals surface area contributed by atoms with Crippen LogP contribution in [0.15, 0.2) is 23.5 Å². The molecular weight excluding hydrogens is 260 g/mol. The largest absolute Gasteiger partial charge is 0.409 e. The second kappa shape index (κ2) is 6.65. The summed E-state index contributed by atoms with van der Waals surface area (Å²) in [5.74, 6) is -0.00453. The summed E-state index contributed by atoms with van der Waals surface area (Å²) in [5.41, 5.74) is 7.01. The molecule has 0 spiro atoms. The number of aromatic nitrogens is 1. The van der Waals surface area contributed by atoms with Gasteiger partial charge in [0, 0.05) is 25.3 Å². The Hall–Kier alpha value is -1.70. The molecule has 1 fully saturated rings. The van der Waals surface area contributed by atoms with E-state index in [0.717, 1.165) is 5.56 Å². The van der Waals surface area contributed by atoms with Crippen molar-refractivity contribution in [1.82, 2.24) is 9.88 Å². The number of hydrogen-bond acceptors (Lipinski definition) is 6. The molecule has 2 atom stereocenters. The summed E-state index contributed by atoms with van der Waals surface area (Å²) in [6, 6.07) is 3.97. The van der Waals surface area contributed by atoms with Crippen LogP contribution < -0.4 is 5.73 Å². The number of ether oxygens (including phenoxy) is 1. The summed E-state index contributed by atoms with van der Waals surface area (Å²) in [6.45, 7) is 4.09. The molecule has 20 heavy (non-hydrogen) atoms. The quantitative estimate of drug-likeness (QED) is 0.304. The molecule has 1 aliphatic rings. The third kappa shape index (κ3) is 3.44. The molecule has 1 aromatic rings. The molecule has 7 nitrogen and oxygen atoms in total. The number of rotatable bonds is 4. The zero-order valence-electron chi connectivity index (χ0n) is 11.4. The lowest BCUT2D eigenvalue weighted by Crippen LogP contribution is -2.48. The molecule has 7 heteroatoms. The van der Waals surface area contributed by atoms with E-state index in [1.807, 2.05) is 6.07 Å². The fourth-order valence-corrected chi connectivity index (χ4v) is 2.20. The number of aliphatic hydroxyl groups excluding tert-OH is 1. The highest BCUT2D eigenvalue weighted by Gasteiger charge is 2.25. The van der Waals surface area contributed by atoms with Gasteiger partial charge in [0.1, 0.15) is 5.69 Å². The molecular formula is C13H20N4O3. The summed E-state index contributed by atoms with van der Waals surface area (Å²) in [6.07, 6.45) is 1.49. The van der Waals surface area contributed by atoms with Gasteiger partial charge in [-0.15, -0.1) is 0 Å². The van der Waals surface area contributed by atoms with Crippen LogP contribution in [0, 0.1) is 0 Å². The number of amidine groups is 1. The van der Waals surface area contributed by atoms with Crippen molar-refractivity contribution in [2.75, 3.05) is 19.8 Å². The van der Waals surface area contributed by atoms with E-state index in [9.17, 15) is 5.11 Å². The highest BCUT2D eigenvalue weighted by Crippen LogP contribution is 2.15. The van der Waals surface area contributed by atoms with Gasteiger partial charge in [0.15, 0.2) is 5.84 Å². The maximum Gasteiger partial charge on any atom is 0.188 e. The van der Waals surface area contributed by atoms with Crippen molar-refractivity contribution < 1.29 is 15.1 Å². The predicted molar refractivity (Wildman–Crippen MR) is 73.4 cm³/mol. The van der Waals surface area contributed by atoms with Gasteiger partial charge in [0.2, 0.25) is 0 Å². The van der Waals surface area contributed by atoms with Crippen molar-refractivity contribution in [3.8, 4) is 0 Å². The molecule has 2 rings (SSSR count). The second-order valence-electron chi connectivity index (χ2n) is 4.95. The third-order valence-electron chi connectivity index (χ3n) is 3.42. The van der Waals surface area contributed by atoms with Gasteiger partial charge in [-0.05, 0) is 24.6 Å². The average molecular weight is 280 g/mol. The first-order valence-electron chi connectivity index (χ1n) is 6.53. The normalized spacial score (nSPS) is 24.8. The maximum absolute atomic E-state index is 9.19. The van der Waals surface area contributed by atoms with Crippen molar-refractivity contribution in [1.29, 1.82) is 0 Å². The smallest absolute Gasteiger partial charge is 0.188 e. The first-order chi connectivity index (χ1) is 9.63. The van der Waals surface area contributed by atoms with Crippen LogP contribution in [0.4, 0.5) is 0 Å². The number of nitrogens with two attached hydrogens (primary N) is 1. The molecule has 0 amide bonds. The Bertz CT molecular complexity index is 480. The number of hydrogen-bond donors (Lipinski definition) is 3. The molecule has 0 aliphatic carbocycles. The van der Waals surface area contributed by atoms with Gasteiger partial charge in [-0.2, -0.15) is 0 Å². The SMILES string of the molecule is CC1COC(CO)CN1Cc1ccnc(/C(N)=N/O)c1. The molecule has 1 saturated heterocycles. The Kier molecular flexibility index (Phi) is 4.89. The number of pyridine rings is 1. The van der Waals surface area contributed by atoms with E-state index in [0.29, 0.717) is 25.4 Å². The van der Waals surface area contributed by atoms with Crippen LogP contribution in [0.25, 0.3) is 0 Å². The molecule has 0 aromatic carbocycles. The maximum atomic E-state index is 9.19. The zero-order valence-corrected chi connectivity index (χ0v) is 11.4. The van der Waals surface area contributed by atoms with Gasteiger partial charge < -0.3 is 20.8 Å². The van der Waals surface area contributed by atoms with Gasteiger partial charge in [-0.1, -0.05) is 5.16 Å². The molecule has 2 heterocycles. The van der Waals surface area contributed by atoms with Crippen LogP contribution in [0.1, 0.15) is 18.2 Å². The summed E-state index contributed by atoms with van der Waals surface area (Å²) in [4.78, 5) is 6.29. The van der Waals surface area contributed by atoms with E-state index in [2.05, 4.69) is 22.0 Å². The number of nitrogens with zero attached hydrogens (tertiary/aromatic N) is 3. The molecule has 1 aliphatic heterocycles. The molecule has 4 N–H and O–H groups in total. The Balaban J connectivity index is 2.08. The van der Waals surface area contributed by atoms with Crippen molar-refractivity contribution in [3.63, 3.8) is 0 Å². The van der Waals surface area contributed by atoms with Crippen LogP contribution in [-0.2, 0) is 11.3 Å². The van der Waals surface area contributed by atoms with E-state index in [1.165, 1.54) is 0 Å². The Morgan fingerprint density at radius 2 is 2.45 bits per heavy atom. The van der Waals surface area contributed by atoms with Crippen molar-refractivity contribution >= 4 is 5.84 Å². The van der Waals surface area contributed by atoms with Gasteiger partial charge in [-0.25, -0.2) is 0 Å². The monoisotopic (exact) mass is 280 g/mol. The predicted octanol–water partition coefficient (Wildman–Crippen LogP) is -0.242.